The largest absolute Gasteiger partial charge is 0.496 e. The van der Waals surface area contributed by atoms with E-state index in [1.165, 1.54) is 6.42 Å². The van der Waals surface area contributed by atoms with E-state index in [2.05, 4.69) is 23.9 Å². The summed E-state index contributed by atoms with van der Waals surface area (Å²) in [6, 6.07) is 6.31. The molecule has 0 aromatic heterocycles. The highest BCUT2D eigenvalue weighted by atomic mass is 16.5. The molecule has 0 aliphatic carbocycles. The van der Waals surface area contributed by atoms with Crippen molar-refractivity contribution in [3.63, 3.8) is 0 Å². The zero-order chi connectivity index (χ0) is 14.7. The van der Waals surface area contributed by atoms with Crippen LogP contribution in [0.4, 0.5) is 0 Å². The number of methoxy groups -OCH3 is 1. The van der Waals surface area contributed by atoms with Crippen molar-refractivity contribution in [2.75, 3.05) is 34.3 Å². The lowest BCUT2D eigenvalue weighted by atomic mass is 10.1. The molecule has 1 atom stereocenters. The first kappa shape index (κ1) is 14.8. The summed E-state index contributed by atoms with van der Waals surface area (Å²) in [6.07, 6.45) is 1.20. The van der Waals surface area contributed by atoms with Crippen molar-refractivity contribution < 1.29 is 4.74 Å². The molecule has 5 nitrogen and oxygen atoms in total. The van der Waals surface area contributed by atoms with Crippen LogP contribution < -0.4 is 10.5 Å². The molecule has 3 N–H and O–H groups in total. The molecule has 0 radical (unpaired) electrons. The predicted octanol–water partition coefficient (Wildman–Crippen LogP) is 1.12. The molecule has 1 aromatic rings. The van der Waals surface area contributed by atoms with Crippen LogP contribution in [-0.4, -0.2) is 56.0 Å². The molecular formula is C15H24N4O. The molecule has 1 fully saturated rings. The predicted molar refractivity (Wildman–Crippen MR) is 81.4 cm³/mol. The maximum atomic E-state index is 7.55. The Morgan fingerprint density at radius 3 is 2.80 bits per heavy atom. The van der Waals surface area contributed by atoms with Crippen molar-refractivity contribution in [3.8, 4) is 5.75 Å². The van der Waals surface area contributed by atoms with E-state index in [9.17, 15) is 0 Å². The van der Waals surface area contributed by atoms with Crippen LogP contribution >= 0.6 is 0 Å². The van der Waals surface area contributed by atoms with Gasteiger partial charge in [-0.25, -0.2) is 0 Å². The van der Waals surface area contributed by atoms with Crippen molar-refractivity contribution in [2.45, 2.75) is 19.0 Å². The molecule has 5 heteroatoms. The second-order valence-corrected chi connectivity index (χ2v) is 5.58. The van der Waals surface area contributed by atoms with Gasteiger partial charge in [0.25, 0.3) is 0 Å². The molecule has 20 heavy (non-hydrogen) atoms. The van der Waals surface area contributed by atoms with Gasteiger partial charge in [0.15, 0.2) is 0 Å². The summed E-state index contributed by atoms with van der Waals surface area (Å²) in [7, 11) is 5.94. The van der Waals surface area contributed by atoms with Crippen molar-refractivity contribution in [1.82, 2.24) is 9.80 Å². The van der Waals surface area contributed by atoms with E-state index in [4.69, 9.17) is 15.9 Å². The highest BCUT2D eigenvalue weighted by Gasteiger charge is 2.24. The fourth-order valence-corrected chi connectivity index (χ4v) is 2.69. The molecule has 0 spiro atoms. The molecule has 0 saturated carbocycles. The van der Waals surface area contributed by atoms with E-state index in [1.54, 1.807) is 7.11 Å². The van der Waals surface area contributed by atoms with Gasteiger partial charge in [-0.2, -0.15) is 0 Å². The zero-order valence-corrected chi connectivity index (χ0v) is 12.5. The van der Waals surface area contributed by atoms with Crippen molar-refractivity contribution in [3.05, 3.63) is 29.3 Å². The Morgan fingerprint density at radius 1 is 1.50 bits per heavy atom. The Balaban J connectivity index is 2.12. The number of nitrogens with two attached hydrogens (primary N) is 1. The van der Waals surface area contributed by atoms with Gasteiger partial charge in [0.05, 0.1) is 7.11 Å². The van der Waals surface area contributed by atoms with Gasteiger partial charge in [-0.3, -0.25) is 10.3 Å². The van der Waals surface area contributed by atoms with Crippen LogP contribution in [0, 0.1) is 5.41 Å². The first-order chi connectivity index (χ1) is 9.51. The molecule has 1 unspecified atom stereocenters. The minimum Gasteiger partial charge on any atom is -0.496 e. The van der Waals surface area contributed by atoms with Crippen molar-refractivity contribution in [1.29, 1.82) is 5.41 Å². The summed E-state index contributed by atoms with van der Waals surface area (Å²) in [6.45, 7) is 3.01. The third-order valence-electron chi connectivity index (χ3n) is 3.96. The number of benzene rings is 1. The van der Waals surface area contributed by atoms with Gasteiger partial charge in [0.1, 0.15) is 11.6 Å². The summed E-state index contributed by atoms with van der Waals surface area (Å²) in [5, 5.41) is 7.55. The number of amidine groups is 1. The molecule has 1 aromatic carbocycles. The minimum absolute atomic E-state index is 0.0986. The lowest BCUT2D eigenvalue weighted by Crippen LogP contribution is -2.31. The van der Waals surface area contributed by atoms with Crippen LogP contribution in [0.1, 0.15) is 17.5 Å². The summed E-state index contributed by atoms with van der Waals surface area (Å²) in [5.41, 5.74) is 7.42. The maximum absolute atomic E-state index is 7.55. The summed E-state index contributed by atoms with van der Waals surface area (Å²) in [5.74, 6) is 0.963. The number of rotatable bonds is 5. The van der Waals surface area contributed by atoms with Gasteiger partial charge < -0.3 is 15.4 Å². The van der Waals surface area contributed by atoms with E-state index < -0.39 is 0 Å². The number of nitrogens with zero attached hydrogens (tertiary/aromatic N) is 2. The molecule has 2 rings (SSSR count). The molecule has 110 valence electrons. The van der Waals surface area contributed by atoms with E-state index in [0.717, 1.165) is 36.5 Å². The number of nitrogen functional groups attached to an aromatic ring is 1. The SMILES string of the molecule is COc1ccc(C(=N)N)cc1CN1CCC(N(C)C)C1. The van der Waals surface area contributed by atoms with Crippen LogP contribution in [0.2, 0.25) is 0 Å². The van der Waals surface area contributed by atoms with Crippen LogP contribution in [0.25, 0.3) is 0 Å². The normalized spacial score (nSPS) is 19.5. The van der Waals surface area contributed by atoms with Crippen LogP contribution in [0.15, 0.2) is 18.2 Å². The van der Waals surface area contributed by atoms with Crippen LogP contribution in [0.5, 0.6) is 5.75 Å². The summed E-state index contributed by atoms with van der Waals surface area (Å²) >= 11 is 0. The summed E-state index contributed by atoms with van der Waals surface area (Å²) < 4.78 is 5.42. The van der Waals surface area contributed by atoms with Crippen LogP contribution in [0.3, 0.4) is 0 Å². The number of likely N-dealkylation sites (N-methyl/N-ethyl adjacent to an activating group) is 1. The Hall–Kier alpha value is -1.59. The molecular weight excluding hydrogens is 252 g/mol. The zero-order valence-electron chi connectivity index (χ0n) is 12.5. The second-order valence-electron chi connectivity index (χ2n) is 5.58. The Morgan fingerprint density at radius 2 is 2.25 bits per heavy atom. The number of hydrogen-bond donors (Lipinski definition) is 2. The highest BCUT2D eigenvalue weighted by Crippen LogP contribution is 2.24. The topological polar surface area (TPSA) is 65.6 Å². The Labute approximate surface area is 120 Å². The van der Waals surface area contributed by atoms with Gasteiger partial charge in [0.2, 0.25) is 0 Å². The first-order valence-corrected chi connectivity index (χ1v) is 6.91. The monoisotopic (exact) mass is 276 g/mol. The Kier molecular flexibility index (Phi) is 4.62. The average Bonchev–Trinajstić information content (AvgIpc) is 2.87. The number of nitrogens with one attached hydrogen (secondary N) is 1. The number of hydrogen-bond acceptors (Lipinski definition) is 4. The van der Waals surface area contributed by atoms with E-state index in [0.29, 0.717) is 6.04 Å². The molecule has 0 amide bonds. The minimum atomic E-state index is 0.0986. The van der Waals surface area contributed by atoms with Gasteiger partial charge in [-0.15, -0.1) is 0 Å². The fourth-order valence-electron chi connectivity index (χ4n) is 2.69. The third kappa shape index (κ3) is 3.29. The van der Waals surface area contributed by atoms with E-state index >= 15 is 0 Å². The molecule has 1 aliphatic heterocycles. The quantitative estimate of drug-likeness (QED) is 0.625. The maximum Gasteiger partial charge on any atom is 0.123 e. The second kappa shape index (κ2) is 6.24. The highest BCUT2D eigenvalue weighted by molar-refractivity contribution is 5.95. The summed E-state index contributed by atoms with van der Waals surface area (Å²) in [4.78, 5) is 4.70. The van der Waals surface area contributed by atoms with Crippen LogP contribution in [-0.2, 0) is 6.54 Å². The number of likely N-dealkylation sites (tertiary alicyclic amines) is 1. The van der Waals surface area contributed by atoms with E-state index in [-0.39, 0.29) is 5.84 Å². The molecule has 0 bridgehead atoms. The van der Waals surface area contributed by atoms with Gasteiger partial charge in [0, 0.05) is 36.8 Å². The first-order valence-electron chi connectivity index (χ1n) is 6.91. The lowest BCUT2D eigenvalue weighted by molar-refractivity contribution is 0.262. The molecule has 1 saturated heterocycles. The number of ether oxygens (including phenoxy) is 1. The lowest BCUT2D eigenvalue weighted by Gasteiger charge is -2.21. The standard InChI is InChI=1S/C15H24N4O/c1-18(2)13-6-7-19(10-13)9-12-8-11(15(16)17)4-5-14(12)20-3/h4-5,8,13H,6-7,9-10H2,1-3H3,(H3,16,17). The van der Waals surface area contributed by atoms with Gasteiger partial charge in [-0.1, -0.05) is 0 Å². The molecule has 1 heterocycles. The fraction of sp³-hybridized carbons (Fsp3) is 0.533. The smallest absolute Gasteiger partial charge is 0.123 e. The third-order valence-corrected chi connectivity index (χ3v) is 3.96. The van der Waals surface area contributed by atoms with Crippen molar-refractivity contribution in [2.24, 2.45) is 5.73 Å². The average molecular weight is 276 g/mol. The van der Waals surface area contributed by atoms with Gasteiger partial charge >= 0.3 is 0 Å². The van der Waals surface area contributed by atoms with Gasteiger partial charge in [-0.05, 0) is 38.7 Å². The van der Waals surface area contributed by atoms with Crippen molar-refractivity contribution >= 4 is 5.84 Å². The van der Waals surface area contributed by atoms with E-state index in [1.807, 2.05) is 18.2 Å². The Bertz CT molecular complexity index is 487. The molecule has 1 aliphatic rings.